The Bertz CT molecular complexity index is 503. The highest BCUT2D eigenvalue weighted by Gasteiger charge is 2.50. The summed E-state index contributed by atoms with van der Waals surface area (Å²) in [4.78, 5) is 12.2. The molecule has 0 saturated carbocycles. The summed E-state index contributed by atoms with van der Waals surface area (Å²) in [6.07, 6.45) is 0. The molecule has 0 spiro atoms. The number of carbonyl (C=O) groups is 1. The van der Waals surface area contributed by atoms with Gasteiger partial charge in [-0.05, 0) is 12.1 Å². The van der Waals surface area contributed by atoms with Crippen molar-refractivity contribution in [3.63, 3.8) is 0 Å². The highest BCUT2D eigenvalue weighted by molar-refractivity contribution is 7.85. The van der Waals surface area contributed by atoms with Crippen LogP contribution in [0.2, 0.25) is 0 Å². The van der Waals surface area contributed by atoms with Gasteiger partial charge < -0.3 is 4.74 Å². The first-order valence-electron chi connectivity index (χ1n) is 5.30. The van der Waals surface area contributed by atoms with Crippen LogP contribution in [0.3, 0.4) is 0 Å². The molecule has 17 heavy (non-hydrogen) atoms. The van der Waals surface area contributed by atoms with Crippen molar-refractivity contribution < 1.29 is 13.7 Å². The molecule has 0 aliphatic carbocycles. The van der Waals surface area contributed by atoms with Gasteiger partial charge in [0.2, 0.25) is 0 Å². The minimum absolute atomic E-state index is 0.177. The second kappa shape index (κ2) is 4.03. The molecule has 0 bridgehead atoms. The third-order valence-corrected chi connectivity index (χ3v) is 4.52. The lowest BCUT2D eigenvalue weighted by molar-refractivity contribution is -0.140. The average molecular weight is 250 g/mol. The van der Waals surface area contributed by atoms with Gasteiger partial charge in [0.15, 0.2) is 11.5 Å². The standard InChI is InChI=1S/C11H10N2O3S/c14-10-9-8(6-12-13-9)11(16-10)17(15)7-4-2-1-3-5-7/h1-5,8-9,11H,6H2/t8-,9+,11+,17?/m1/s1. The smallest absolute Gasteiger partial charge is 0.334 e. The van der Waals surface area contributed by atoms with E-state index < -0.39 is 28.2 Å². The van der Waals surface area contributed by atoms with E-state index in [9.17, 15) is 9.00 Å². The van der Waals surface area contributed by atoms with E-state index in [0.29, 0.717) is 11.4 Å². The van der Waals surface area contributed by atoms with Gasteiger partial charge in [-0.3, -0.25) is 4.21 Å². The minimum Gasteiger partial charge on any atom is -0.446 e. The van der Waals surface area contributed by atoms with Gasteiger partial charge in [-0.2, -0.15) is 10.2 Å². The third kappa shape index (κ3) is 1.68. The predicted octanol–water partition coefficient (Wildman–Crippen LogP) is 1.13. The second-order valence-corrected chi connectivity index (χ2v) is 5.49. The maximum atomic E-state index is 12.3. The quantitative estimate of drug-likeness (QED) is 0.739. The Morgan fingerprint density at radius 2 is 2.06 bits per heavy atom. The third-order valence-electron chi connectivity index (χ3n) is 2.91. The van der Waals surface area contributed by atoms with Gasteiger partial charge >= 0.3 is 5.97 Å². The minimum atomic E-state index is -1.35. The normalized spacial score (nSPS) is 32.2. The number of fused-ring (bicyclic) bond motifs is 1. The van der Waals surface area contributed by atoms with E-state index in [-0.39, 0.29) is 5.92 Å². The molecule has 1 unspecified atom stereocenters. The van der Waals surface area contributed by atoms with E-state index in [1.165, 1.54) is 0 Å². The molecule has 1 saturated heterocycles. The molecule has 0 aromatic heterocycles. The van der Waals surface area contributed by atoms with E-state index in [1.807, 2.05) is 18.2 Å². The summed E-state index contributed by atoms with van der Waals surface area (Å²) in [6, 6.07) is 8.45. The highest BCUT2D eigenvalue weighted by atomic mass is 32.2. The zero-order valence-electron chi connectivity index (χ0n) is 8.85. The number of benzene rings is 1. The van der Waals surface area contributed by atoms with Crippen LogP contribution in [0, 0.1) is 5.92 Å². The average Bonchev–Trinajstić information content (AvgIpc) is 2.94. The molecule has 1 aromatic rings. The van der Waals surface area contributed by atoms with E-state index in [2.05, 4.69) is 10.2 Å². The van der Waals surface area contributed by atoms with Gasteiger partial charge in [-0.25, -0.2) is 4.79 Å². The molecule has 0 radical (unpaired) electrons. The fourth-order valence-corrected chi connectivity index (χ4v) is 3.46. The number of carbonyl (C=O) groups excluding carboxylic acids is 1. The molecule has 1 fully saturated rings. The molecule has 2 aliphatic heterocycles. The van der Waals surface area contributed by atoms with Crippen LogP contribution in [0.25, 0.3) is 0 Å². The molecule has 3 rings (SSSR count). The first kappa shape index (κ1) is 10.6. The van der Waals surface area contributed by atoms with Crippen molar-refractivity contribution in [3.05, 3.63) is 30.3 Å². The maximum absolute atomic E-state index is 12.3. The Morgan fingerprint density at radius 1 is 1.29 bits per heavy atom. The van der Waals surface area contributed by atoms with Crippen molar-refractivity contribution >= 4 is 16.8 Å². The van der Waals surface area contributed by atoms with E-state index in [4.69, 9.17) is 4.74 Å². The fourth-order valence-electron chi connectivity index (χ4n) is 2.03. The van der Waals surface area contributed by atoms with Gasteiger partial charge in [-0.15, -0.1) is 0 Å². The van der Waals surface area contributed by atoms with Crippen molar-refractivity contribution in [2.24, 2.45) is 16.1 Å². The summed E-state index contributed by atoms with van der Waals surface area (Å²) < 4.78 is 17.4. The zero-order valence-corrected chi connectivity index (χ0v) is 9.67. The number of hydrogen-bond acceptors (Lipinski definition) is 5. The van der Waals surface area contributed by atoms with Crippen LogP contribution >= 0.6 is 0 Å². The molecule has 1 aromatic carbocycles. The van der Waals surface area contributed by atoms with E-state index in [1.54, 1.807) is 12.1 Å². The van der Waals surface area contributed by atoms with Crippen molar-refractivity contribution in [2.45, 2.75) is 16.4 Å². The maximum Gasteiger partial charge on any atom is 0.334 e. The number of cyclic esters (lactones) is 1. The second-order valence-electron chi connectivity index (χ2n) is 3.96. The number of esters is 1. The Morgan fingerprint density at radius 3 is 2.82 bits per heavy atom. The van der Waals surface area contributed by atoms with Gasteiger partial charge in [-0.1, -0.05) is 18.2 Å². The highest BCUT2D eigenvalue weighted by Crippen LogP contribution is 2.33. The van der Waals surface area contributed by atoms with Crippen LogP contribution in [0.4, 0.5) is 0 Å². The Labute approximate surface area is 100 Å². The molecule has 2 heterocycles. The van der Waals surface area contributed by atoms with E-state index in [0.717, 1.165) is 0 Å². The van der Waals surface area contributed by atoms with Crippen molar-refractivity contribution in [2.75, 3.05) is 6.54 Å². The Balaban J connectivity index is 1.87. The van der Waals surface area contributed by atoms with Crippen LogP contribution in [0.1, 0.15) is 0 Å². The van der Waals surface area contributed by atoms with Crippen LogP contribution in [0.5, 0.6) is 0 Å². The van der Waals surface area contributed by atoms with Gasteiger partial charge in [0.05, 0.1) is 23.3 Å². The first-order valence-corrected chi connectivity index (χ1v) is 6.51. The fraction of sp³-hybridized carbons (Fsp3) is 0.364. The monoisotopic (exact) mass is 250 g/mol. The Hall–Kier alpha value is -1.56. The Kier molecular flexibility index (Phi) is 2.51. The van der Waals surface area contributed by atoms with E-state index >= 15 is 0 Å². The van der Waals surface area contributed by atoms with Crippen LogP contribution in [-0.4, -0.2) is 28.2 Å². The van der Waals surface area contributed by atoms with Crippen molar-refractivity contribution in [3.8, 4) is 0 Å². The molecule has 0 amide bonds. The molecule has 6 heteroatoms. The molecular formula is C11H10N2O3S. The van der Waals surface area contributed by atoms with Crippen molar-refractivity contribution in [1.82, 2.24) is 0 Å². The van der Waals surface area contributed by atoms with Gasteiger partial charge in [0, 0.05) is 4.90 Å². The number of azo groups is 1. The largest absolute Gasteiger partial charge is 0.446 e. The predicted molar refractivity (Wildman–Crippen MR) is 59.7 cm³/mol. The van der Waals surface area contributed by atoms with Crippen LogP contribution in [-0.2, 0) is 20.3 Å². The number of hydrogen-bond donors (Lipinski definition) is 0. The number of rotatable bonds is 2. The molecule has 2 aliphatic rings. The lowest BCUT2D eigenvalue weighted by Crippen LogP contribution is -2.26. The number of nitrogens with zero attached hydrogens (tertiary/aromatic N) is 2. The molecule has 4 atom stereocenters. The lowest BCUT2D eigenvalue weighted by atomic mass is 10.1. The summed E-state index contributed by atoms with van der Waals surface area (Å²) in [5.74, 6) is -0.589. The van der Waals surface area contributed by atoms with Gasteiger partial charge in [0.25, 0.3) is 0 Å². The lowest BCUT2D eigenvalue weighted by Gasteiger charge is -2.13. The summed E-state index contributed by atoms with van der Waals surface area (Å²) in [6.45, 7) is 0.416. The molecular weight excluding hydrogens is 240 g/mol. The SMILES string of the molecule is O=C1O[C@@H](S(=O)c2ccccc2)[C@@H]2CN=N[C@H]12. The number of ether oxygens (including phenoxy) is 1. The first-order chi connectivity index (χ1) is 8.27. The van der Waals surface area contributed by atoms with Crippen LogP contribution < -0.4 is 0 Å². The van der Waals surface area contributed by atoms with Crippen molar-refractivity contribution in [1.29, 1.82) is 0 Å². The topological polar surface area (TPSA) is 68.1 Å². The summed E-state index contributed by atoms with van der Waals surface area (Å²) in [7, 11) is -1.35. The van der Waals surface area contributed by atoms with Crippen LogP contribution in [0.15, 0.2) is 45.5 Å². The molecule has 88 valence electrons. The van der Waals surface area contributed by atoms with Gasteiger partial charge in [0.1, 0.15) is 0 Å². The molecule has 5 nitrogen and oxygen atoms in total. The summed E-state index contributed by atoms with van der Waals surface area (Å²) in [5.41, 5.74) is -0.620. The summed E-state index contributed by atoms with van der Waals surface area (Å²) >= 11 is 0. The summed E-state index contributed by atoms with van der Waals surface area (Å²) in [5, 5.41) is 7.66. The molecule has 0 N–H and O–H groups in total. The zero-order chi connectivity index (χ0) is 11.8.